The van der Waals surface area contributed by atoms with Crippen LogP contribution >= 0.6 is 0 Å². The SMILES string of the molecule is O=C(O)N1Cc2ccccc2C[C@H]1CO. The van der Waals surface area contributed by atoms with Crippen LogP contribution in [0.2, 0.25) is 0 Å². The minimum atomic E-state index is -0.969. The van der Waals surface area contributed by atoms with Crippen molar-refractivity contribution in [3.8, 4) is 0 Å². The van der Waals surface area contributed by atoms with Gasteiger partial charge in [-0.1, -0.05) is 24.3 Å². The molecule has 0 radical (unpaired) electrons. The summed E-state index contributed by atoms with van der Waals surface area (Å²) in [5.41, 5.74) is 2.17. The molecular weight excluding hydrogens is 194 g/mol. The number of hydrogen-bond donors (Lipinski definition) is 2. The molecule has 0 bridgehead atoms. The van der Waals surface area contributed by atoms with Crippen molar-refractivity contribution in [2.24, 2.45) is 0 Å². The van der Waals surface area contributed by atoms with E-state index in [4.69, 9.17) is 10.2 Å². The van der Waals surface area contributed by atoms with Gasteiger partial charge in [0.05, 0.1) is 12.6 Å². The number of nitrogens with zero attached hydrogens (tertiary/aromatic N) is 1. The summed E-state index contributed by atoms with van der Waals surface area (Å²) < 4.78 is 0. The molecule has 15 heavy (non-hydrogen) atoms. The molecule has 1 atom stereocenters. The van der Waals surface area contributed by atoms with Crippen molar-refractivity contribution < 1.29 is 15.0 Å². The van der Waals surface area contributed by atoms with Crippen LogP contribution < -0.4 is 0 Å². The molecule has 80 valence electrons. The van der Waals surface area contributed by atoms with Crippen LogP contribution in [-0.2, 0) is 13.0 Å². The van der Waals surface area contributed by atoms with Gasteiger partial charge in [-0.2, -0.15) is 0 Å². The van der Waals surface area contributed by atoms with E-state index in [1.165, 1.54) is 4.90 Å². The predicted octanol–water partition coefficient (Wildman–Crippen LogP) is 1.08. The van der Waals surface area contributed by atoms with Crippen LogP contribution in [0.5, 0.6) is 0 Å². The van der Waals surface area contributed by atoms with Gasteiger partial charge in [0, 0.05) is 6.54 Å². The van der Waals surface area contributed by atoms with Gasteiger partial charge in [-0.25, -0.2) is 4.79 Å². The number of carboxylic acid groups (broad SMARTS) is 1. The first-order valence-corrected chi connectivity index (χ1v) is 4.89. The summed E-state index contributed by atoms with van der Waals surface area (Å²) in [5.74, 6) is 0. The number of amides is 1. The maximum absolute atomic E-state index is 10.9. The second-order valence-electron chi connectivity index (χ2n) is 3.72. The Bertz CT molecular complexity index is 378. The van der Waals surface area contributed by atoms with E-state index in [0.29, 0.717) is 13.0 Å². The molecule has 0 fully saturated rings. The fourth-order valence-corrected chi connectivity index (χ4v) is 1.97. The van der Waals surface area contributed by atoms with E-state index in [1.807, 2.05) is 24.3 Å². The molecule has 1 heterocycles. The second kappa shape index (κ2) is 3.90. The van der Waals surface area contributed by atoms with Crippen LogP contribution in [0.3, 0.4) is 0 Å². The summed E-state index contributed by atoms with van der Waals surface area (Å²) >= 11 is 0. The maximum atomic E-state index is 10.9. The van der Waals surface area contributed by atoms with E-state index in [2.05, 4.69) is 0 Å². The van der Waals surface area contributed by atoms with Crippen LogP contribution in [0.15, 0.2) is 24.3 Å². The molecule has 1 aromatic rings. The largest absolute Gasteiger partial charge is 0.465 e. The molecule has 0 unspecified atom stereocenters. The molecule has 0 aliphatic carbocycles. The van der Waals surface area contributed by atoms with Gasteiger partial charge >= 0.3 is 6.09 Å². The van der Waals surface area contributed by atoms with Crippen LogP contribution in [-0.4, -0.2) is 33.9 Å². The summed E-state index contributed by atoms with van der Waals surface area (Å²) in [6.45, 7) is 0.247. The highest BCUT2D eigenvalue weighted by atomic mass is 16.4. The van der Waals surface area contributed by atoms with Gasteiger partial charge in [0.15, 0.2) is 0 Å². The van der Waals surface area contributed by atoms with E-state index in [0.717, 1.165) is 11.1 Å². The predicted molar refractivity (Wildman–Crippen MR) is 54.6 cm³/mol. The number of carbonyl (C=O) groups is 1. The Hall–Kier alpha value is -1.55. The van der Waals surface area contributed by atoms with Crippen LogP contribution in [0.4, 0.5) is 4.79 Å². The molecule has 1 amide bonds. The molecule has 4 heteroatoms. The first-order chi connectivity index (χ1) is 7.22. The quantitative estimate of drug-likeness (QED) is 0.724. The Kier molecular flexibility index (Phi) is 2.60. The van der Waals surface area contributed by atoms with Gasteiger partial charge in [0.1, 0.15) is 0 Å². The maximum Gasteiger partial charge on any atom is 0.407 e. The van der Waals surface area contributed by atoms with Gasteiger partial charge < -0.3 is 10.2 Å². The summed E-state index contributed by atoms with van der Waals surface area (Å²) in [6.07, 6.45) is -0.373. The number of fused-ring (bicyclic) bond motifs is 1. The summed E-state index contributed by atoms with van der Waals surface area (Å²) in [6, 6.07) is 7.44. The molecule has 4 nitrogen and oxygen atoms in total. The second-order valence-corrected chi connectivity index (χ2v) is 3.72. The lowest BCUT2D eigenvalue weighted by molar-refractivity contribution is 0.0874. The number of aliphatic hydroxyl groups excluding tert-OH is 1. The fourth-order valence-electron chi connectivity index (χ4n) is 1.97. The molecule has 0 saturated carbocycles. The summed E-state index contributed by atoms with van der Waals surface area (Å²) in [5, 5.41) is 18.1. The van der Waals surface area contributed by atoms with Crippen LogP contribution in [0.1, 0.15) is 11.1 Å². The van der Waals surface area contributed by atoms with E-state index < -0.39 is 6.09 Å². The Labute approximate surface area is 87.8 Å². The zero-order chi connectivity index (χ0) is 10.8. The minimum Gasteiger partial charge on any atom is -0.465 e. The number of hydrogen-bond acceptors (Lipinski definition) is 2. The lowest BCUT2D eigenvalue weighted by Crippen LogP contribution is -2.45. The highest BCUT2D eigenvalue weighted by Gasteiger charge is 2.28. The Balaban J connectivity index is 2.30. The third kappa shape index (κ3) is 1.80. The normalized spacial score (nSPS) is 19.8. The average Bonchev–Trinajstić information content (AvgIpc) is 2.27. The Morgan fingerprint density at radius 3 is 2.67 bits per heavy atom. The van der Waals surface area contributed by atoms with Crippen LogP contribution in [0.25, 0.3) is 0 Å². The monoisotopic (exact) mass is 207 g/mol. The van der Waals surface area contributed by atoms with Crippen molar-refractivity contribution in [3.63, 3.8) is 0 Å². The first-order valence-electron chi connectivity index (χ1n) is 4.89. The highest BCUT2D eigenvalue weighted by molar-refractivity contribution is 5.66. The third-order valence-corrected chi connectivity index (χ3v) is 2.81. The van der Waals surface area contributed by atoms with Crippen LogP contribution in [0, 0.1) is 0 Å². The highest BCUT2D eigenvalue weighted by Crippen LogP contribution is 2.22. The number of aliphatic hydroxyl groups is 1. The fraction of sp³-hybridized carbons (Fsp3) is 0.364. The van der Waals surface area contributed by atoms with Gasteiger partial charge in [-0.3, -0.25) is 4.90 Å². The average molecular weight is 207 g/mol. The zero-order valence-corrected chi connectivity index (χ0v) is 8.26. The molecule has 0 saturated heterocycles. The third-order valence-electron chi connectivity index (χ3n) is 2.81. The summed E-state index contributed by atoms with van der Waals surface area (Å²) in [4.78, 5) is 12.2. The number of benzene rings is 1. The van der Waals surface area contributed by atoms with Crippen molar-refractivity contribution in [2.75, 3.05) is 6.61 Å². The number of rotatable bonds is 1. The van der Waals surface area contributed by atoms with Crippen molar-refractivity contribution in [1.29, 1.82) is 0 Å². The van der Waals surface area contributed by atoms with E-state index >= 15 is 0 Å². The lowest BCUT2D eigenvalue weighted by atomic mass is 9.95. The van der Waals surface area contributed by atoms with Gasteiger partial charge in [0.2, 0.25) is 0 Å². The molecule has 0 spiro atoms. The Morgan fingerprint density at radius 2 is 2.07 bits per heavy atom. The van der Waals surface area contributed by atoms with E-state index in [-0.39, 0.29) is 12.6 Å². The Morgan fingerprint density at radius 1 is 1.40 bits per heavy atom. The van der Waals surface area contributed by atoms with Crippen molar-refractivity contribution >= 4 is 6.09 Å². The molecule has 1 aliphatic rings. The van der Waals surface area contributed by atoms with E-state index in [9.17, 15) is 4.79 Å². The van der Waals surface area contributed by atoms with Gasteiger partial charge in [0.25, 0.3) is 0 Å². The molecule has 1 aliphatic heterocycles. The van der Waals surface area contributed by atoms with Crippen molar-refractivity contribution in [2.45, 2.75) is 19.0 Å². The van der Waals surface area contributed by atoms with E-state index in [1.54, 1.807) is 0 Å². The molecule has 0 aromatic heterocycles. The lowest BCUT2D eigenvalue weighted by Gasteiger charge is -2.33. The topological polar surface area (TPSA) is 60.8 Å². The first kappa shape index (κ1) is 9.98. The molecular formula is C11H13NO3. The van der Waals surface area contributed by atoms with Crippen molar-refractivity contribution in [3.05, 3.63) is 35.4 Å². The molecule has 2 rings (SSSR count). The standard InChI is InChI=1S/C11H13NO3/c13-7-10-5-8-3-1-2-4-9(8)6-12(10)11(14)15/h1-4,10,13H,5-7H2,(H,14,15)/t10-/m0/s1. The smallest absolute Gasteiger partial charge is 0.407 e. The minimum absolute atomic E-state index is 0.124. The van der Waals surface area contributed by atoms with Gasteiger partial charge in [-0.05, 0) is 17.5 Å². The summed E-state index contributed by atoms with van der Waals surface area (Å²) in [7, 11) is 0. The molecule has 2 N–H and O–H groups in total. The van der Waals surface area contributed by atoms with Crippen molar-refractivity contribution in [1.82, 2.24) is 4.90 Å². The zero-order valence-electron chi connectivity index (χ0n) is 8.26. The molecule has 1 aromatic carbocycles. The van der Waals surface area contributed by atoms with Gasteiger partial charge in [-0.15, -0.1) is 0 Å².